The van der Waals surface area contributed by atoms with E-state index in [2.05, 4.69) is 56.9 Å². The zero-order valence-corrected chi connectivity index (χ0v) is 37.5. The van der Waals surface area contributed by atoms with E-state index in [1.165, 1.54) is 77.0 Å². The van der Waals surface area contributed by atoms with Crippen LogP contribution in [0.25, 0.3) is 0 Å². The number of rotatable bonds is 46. The number of unbranched alkanes of at least 4 members (excludes halogenated alkanes) is 17. The molecule has 0 bridgehead atoms. The maximum absolute atomic E-state index is 12.4. The van der Waals surface area contributed by atoms with Gasteiger partial charge in [-0.05, 0) is 109 Å². The Labute approximate surface area is 347 Å². The van der Waals surface area contributed by atoms with E-state index in [0.717, 1.165) is 123 Å². The molecule has 0 saturated carbocycles. The van der Waals surface area contributed by atoms with Crippen LogP contribution in [0.5, 0.6) is 0 Å². The van der Waals surface area contributed by atoms with Crippen LogP contribution in [0.15, 0.2) is 24.3 Å². The molecule has 8 heteroatoms. The summed E-state index contributed by atoms with van der Waals surface area (Å²) >= 11 is 0. The van der Waals surface area contributed by atoms with Crippen LogP contribution in [0.1, 0.15) is 207 Å². The predicted octanol–water partition coefficient (Wildman–Crippen LogP) is 12.7. The van der Waals surface area contributed by atoms with E-state index in [9.17, 15) is 9.90 Å². The van der Waals surface area contributed by atoms with Gasteiger partial charge in [0.15, 0.2) is 12.6 Å². The van der Waals surface area contributed by atoms with Gasteiger partial charge in [-0.15, -0.1) is 0 Å². The van der Waals surface area contributed by atoms with E-state index in [4.69, 9.17) is 23.7 Å². The van der Waals surface area contributed by atoms with Gasteiger partial charge in [0.25, 0.3) is 0 Å². The summed E-state index contributed by atoms with van der Waals surface area (Å²) in [6.45, 7) is 15.2. The molecule has 0 spiro atoms. The molecule has 0 heterocycles. The van der Waals surface area contributed by atoms with Crippen LogP contribution in [-0.2, 0) is 28.5 Å². The van der Waals surface area contributed by atoms with E-state index < -0.39 is 0 Å². The third-order valence-corrected chi connectivity index (χ3v) is 10.1. The zero-order valence-electron chi connectivity index (χ0n) is 37.5. The number of carbonyl (C=O) groups excluding carboxylic acids is 1. The lowest BCUT2D eigenvalue weighted by atomic mass is 10.1. The number of hydrogen-bond donors (Lipinski definition) is 1. The molecule has 0 aromatic carbocycles. The van der Waals surface area contributed by atoms with Crippen LogP contribution in [0.4, 0.5) is 0 Å². The van der Waals surface area contributed by atoms with Crippen LogP contribution < -0.4 is 0 Å². The highest BCUT2D eigenvalue weighted by atomic mass is 16.7. The van der Waals surface area contributed by atoms with Crippen LogP contribution in [-0.4, -0.2) is 87.8 Å². The van der Waals surface area contributed by atoms with E-state index >= 15 is 0 Å². The molecule has 0 amide bonds. The summed E-state index contributed by atoms with van der Waals surface area (Å²) in [4.78, 5) is 14.8. The van der Waals surface area contributed by atoms with Gasteiger partial charge in [-0.2, -0.15) is 0 Å². The molecule has 0 rings (SSSR count). The topological polar surface area (TPSA) is 86.7 Å². The normalized spacial score (nSPS) is 12.1. The fraction of sp³-hybridized carbons (Fsp3) is 0.896. The fourth-order valence-electron chi connectivity index (χ4n) is 6.58. The highest BCUT2D eigenvalue weighted by Gasteiger charge is 2.14. The van der Waals surface area contributed by atoms with E-state index in [0.29, 0.717) is 32.7 Å². The first kappa shape index (κ1) is 54.7. The quantitative estimate of drug-likeness (QED) is 0.0282. The number of aliphatic hydroxyl groups is 1. The van der Waals surface area contributed by atoms with Crippen LogP contribution >= 0.6 is 0 Å². The van der Waals surface area contributed by atoms with Crippen molar-refractivity contribution in [2.45, 2.75) is 220 Å². The molecule has 0 aliphatic rings. The number of hydrogen-bond acceptors (Lipinski definition) is 8. The molecule has 0 saturated heterocycles. The third kappa shape index (κ3) is 40.9. The van der Waals surface area contributed by atoms with Crippen molar-refractivity contribution in [2.24, 2.45) is 0 Å². The Balaban J connectivity index is 4.18. The molecule has 0 unspecified atom stereocenters. The van der Waals surface area contributed by atoms with Crippen LogP contribution in [0, 0.1) is 0 Å². The van der Waals surface area contributed by atoms with Crippen molar-refractivity contribution in [1.29, 1.82) is 0 Å². The van der Waals surface area contributed by atoms with Gasteiger partial charge in [-0.25, -0.2) is 0 Å². The molecule has 332 valence electrons. The Morgan fingerprint density at radius 3 is 1.41 bits per heavy atom. The third-order valence-electron chi connectivity index (χ3n) is 10.1. The number of aliphatic hydroxyl groups excluding tert-OH is 1. The first-order valence-corrected chi connectivity index (χ1v) is 23.9. The van der Waals surface area contributed by atoms with Crippen molar-refractivity contribution in [1.82, 2.24) is 4.90 Å². The predicted molar refractivity (Wildman–Crippen MR) is 236 cm³/mol. The molecule has 1 N–H and O–H groups in total. The van der Waals surface area contributed by atoms with Crippen molar-refractivity contribution in [2.75, 3.05) is 59.3 Å². The van der Waals surface area contributed by atoms with Gasteiger partial charge in [-0.1, -0.05) is 123 Å². The second-order valence-electron chi connectivity index (χ2n) is 15.5. The highest BCUT2D eigenvalue weighted by Crippen LogP contribution is 2.15. The second-order valence-corrected chi connectivity index (χ2v) is 15.5. The molecular weight excluding hydrogens is 703 g/mol. The Kier molecular flexibility index (Phi) is 45.3. The smallest absolute Gasteiger partial charge is 0.305 e. The summed E-state index contributed by atoms with van der Waals surface area (Å²) in [5.74, 6) is -0.155. The van der Waals surface area contributed by atoms with Crippen molar-refractivity contribution in [3.63, 3.8) is 0 Å². The van der Waals surface area contributed by atoms with Crippen molar-refractivity contribution in [3.8, 4) is 0 Å². The van der Waals surface area contributed by atoms with Crippen LogP contribution in [0.3, 0.4) is 0 Å². The van der Waals surface area contributed by atoms with E-state index in [1.807, 2.05) is 0 Å². The summed E-state index contributed by atoms with van der Waals surface area (Å²) < 4.78 is 29.9. The zero-order chi connectivity index (χ0) is 40.8. The molecule has 0 aliphatic heterocycles. The van der Waals surface area contributed by atoms with Crippen molar-refractivity contribution >= 4 is 5.97 Å². The molecule has 0 radical (unpaired) electrons. The molecular formula is C48H93NO7. The Morgan fingerprint density at radius 1 is 0.482 bits per heavy atom. The van der Waals surface area contributed by atoms with Crippen LogP contribution in [0.2, 0.25) is 0 Å². The summed E-state index contributed by atoms with van der Waals surface area (Å²) in [6, 6.07) is 0. The lowest BCUT2D eigenvalue weighted by molar-refractivity contribution is -0.159. The molecule has 8 nitrogen and oxygen atoms in total. The summed E-state index contributed by atoms with van der Waals surface area (Å²) in [7, 11) is 0. The van der Waals surface area contributed by atoms with Gasteiger partial charge >= 0.3 is 5.97 Å². The molecule has 56 heavy (non-hydrogen) atoms. The number of allylic oxidation sites excluding steroid dienone is 4. The fourth-order valence-corrected chi connectivity index (χ4v) is 6.58. The first-order valence-electron chi connectivity index (χ1n) is 23.9. The SMILES string of the molecule is CC/C=C\CCCCOC(CCCCCCCN(CCO)CCCCCCOC(=O)CCC(OCCCCCC)OCCCCCC)OCCCC/C=C\CC. The molecule has 0 fully saturated rings. The Morgan fingerprint density at radius 2 is 0.911 bits per heavy atom. The highest BCUT2D eigenvalue weighted by molar-refractivity contribution is 5.69. The lowest BCUT2D eigenvalue weighted by Crippen LogP contribution is -2.29. The van der Waals surface area contributed by atoms with Gasteiger partial charge in [0.2, 0.25) is 0 Å². The van der Waals surface area contributed by atoms with Gasteiger partial charge in [0.1, 0.15) is 0 Å². The number of ether oxygens (including phenoxy) is 5. The largest absolute Gasteiger partial charge is 0.466 e. The van der Waals surface area contributed by atoms with Crippen molar-refractivity contribution in [3.05, 3.63) is 24.3 Å². The molecule has 0 aromatic rings. The number of carbonyl (C=O) groups is 1. The molecule has 0 aliphatic carbocycles. The molecule has 0 atom stereocenters. The standard InChI is InChI=1S/C48H93NO7/c1-5-9-13-17-23-32-44-53-47(54-45-33-24-18-14-10-6-2)34-26-20-19-21-27-37-49(39-40-50)38-28-22-25-31-41-52-46(51)35-36-48(55-42-29-15-11-7-3)56-43-30-16-12-8-4/h9-10,13-14,47-48,50H,5-8,11-12,15-45H2,1-4H3/b13-9-,14-10-. The summed E-state index contributed by atoms with van der Waals surface area (Å²) in [5, 5.41) is 9.63. The molecule has 0 aromatic heterocycles. The van der Waals surface area contributed by atoms with E-state index in [1.54, 1.807) is 0 Å². The van der Waals surface area contributed by atoms with E-state index in [-0.39, 0.29) is 25.2 Å². The lowest BCUT2D eigenvalue weighted by Gasteiger charge is -2.21. The second kappa shape index (κ2) is 46.4. The first-order chi connectivity index (χ1) is 27.6. The number of nitrogens with zero attached hydrogens (tertiary/aromatic N) is 1. The average molecular weight is 796 g/mol. The Bertz CT molecular complexity index is 800. The van der Waals surface area contributed by atoms with Gasteiger partial charge in [0.05, 0.1) is 19.6 Å². The minimum atomic E-state index is -0.318. The maximum Gasteiger partial charge on any atom is 0.305 e. The monoisotopic (exact) mass is 796 g/mol. The van der Waals surface area contributed by atoms with Gasteiger partial charge in [-0.3, -0.25) is 4.79 Å². The minimum Gasteiger partial charge on any atom is -0.466 e. The van der Waals surface area contributed by atoms with Gasteiger partial charge in [0, 0.05) is 39.4 Å². The summed E-state index contributed by atoms with van der Waals surface area (Å²) in [6.07, 6.45) is 38.9. The maximum atomic E-state index is 12.4. The summed E-state index contributed by atoms with van der Waals surface area (Å²) in [5.41, 5.74) is 0. The van der Waals surface area contributed by atoms with Gasteiger partial charge < -0.3 is 33.7 Å². The minimum absolute atomic E-state index is 0.0770. The average Bonchev–Trinajstić information content (AvgIpc) is 3.20. The number of esters is 1. The Hall–Kier alpha value is -1.29. The van der Waals surface area contributed by atoms with Crippen molar-refractivity contribution < 1.29 is 33.6 Å².